The molecule has 0 aromatic carbocycles. The van der Waals surface area contributed by atoms with Crippen molar-refractivity contribution in [2.24, 2.45) is 11.8 Å². The molecule has 0 aromatic rings. The maximum atomic E-state index is 12.1. The number of ketones is 1. The highest BCUT2D eigenvalue weighted by Gasteiger charge is 2.28. The molecule has 3 atom stereocenters. The fraction of sp³-hybridized carbons (Fsp3) is 0.938. The molecule has 0 bridgehead atoms. The SMILES string of the molecule is CCCCC(CC)CCC(=O)C1CCCCC1O. The second-order valence-corrected chi connectivity index (χ2v) is 5.88. The molecular formula is C16H30O2. The van der Waals surface area contributed by atoms with Crippen molar-refractivity contribution in [1.29, 1.82) is 0 Å². The fourth-order valence-corrected chi connectivity index (χ4v) is 3.06. The van der Waals surface area contributed by atoms with E-state index in [1.54, 1.807) is 0 Å². The summed E-state index contributed by atoms with van der Waals surface area (Å²) >= 11 is 0. The maximum absolute atomic E-state index is 12.1. The van der Waals surface area contributed by atoms with Crippen LogP contribution in [0.4, 0.5) is 0 Å². The van der Waals surface area contributed by atoms with Gasteiger partial charge in [-0.3, -0.25) is 4.79 Å². The van der Waals surface area contributed by atoms with Gasteiger partial charge < -0.3 is 5.11 Å². The highest BCUT2D eigenvalue weighted by atomic mass is 16.3. The van der Waals surface area contributed by atoms with Crippen molar-refractivity contribution in [3.05, 3.63) is 0 Å². The first-order valence-corrected chi connectivity index (χ1v) is 7.89. The van der Waals surface area contributed by atoms with E-state index in [2.05, 4.69) is 13.8 Å². The van der Waals surface area contributed by atoms with Crippen LogP contribution in [0.3, 0.4) is 0 Å². The quantitative estimate of drug-likeness (QED) is 0.708. The molecule has 0 amide bonds. The zero-order chi connectivity index (χ0) is 13.4. The minimum absolute atomic E-state index is 0.0533. The van der Waals surface area contributed by atoms with Crippen LogP contribution in [0.25, 0.3) is 0 Å². The number of aliphatic hydroxyl groups is 1. The average molecular weight is 254 g/mol. The highest BCUT2D eigenvalue weighted by Crippen LogP contribution is 2.28. The first-order chi connectivity index (χ1) is 8.69. The van der Waals surface area contributed by atoms with Crippen LogP contribution in [-0.4, -0.2) is 17.0 Å². The predicted molar refractivity (Wildman–Crippen MR) is 75.5 cm³/mol. The van der Waals surface area contributed by atoms with Gasteiger partial charge in [0.25, 0.3) is 0 Å². The first-order valence-electron chi connectivity index (χ1n) is 7.89. The van der Waals surface area contributed by atoms with E-state index in [-0.39, 0.29) is 12.0 Å². The molecule has 1 saturated carbocycles. The largest absolute Gasteiger partial charge is 0.392 e. The number of hydrogen-bond acceptors (Lipinski definition) is 2. The van der Waals surface area contributed by atoms with Crippen molar-refractivity contribution >= 4 is 5.78 Å². The summed E-state index contributed by atoms with van der Waals surface area (Å²) in [6, 6.07) is 0. The van der Waals surface area contributed by atoms with Crippen LogP contribution in [0.15, 0.2) is 0 Å². The van der Waals surface area contributed by atoms with Crippen molar-refractivity contribution in [2.75, 3.05) is 0 Å². The summed E-state index contributed by atoms with van der Waals surface area (Å²) in [7, 11) is 0. The van der Waals surface area contributed by atoms with Gasteiger partial charge in [-0.05, 0) is 25.2 Å². The standard InChI is InChI=1S/C16H30O2/c1-3-5-8-13(4-2)11-12-16(18)14-9-6-7-10-15(14)17/h13-15,17H,3-12H2,1-2H3. The van der Waals surface area contributed by atoms with E-state index >= 15 is 0 Å². The zero-order valence-electron chi connectivity index (χ0n) is 12.2. The molecule has 1 aliphatic rings. The van der Waals surface area contributed by atoms with Gasteiger partial charge in [0.15, 0.2) is 0 Å². The summed E-state index contributed by atoms with van der Waals surface area (Å²) in [5.41, 5.74) is 0. The average Bonchev–Trinajstić information content (AvgIpc) is 2.39. The lowest BCUT2D eigenvalue weighted by molar-refractivity contribution is -0.128. The van der Waals surface area contributed by atoms with Gasteiger partial charge in [-0.1, -0.05) is 52.4 Å². The lowest BCUT2D eigenvalue weighted by Crippen LogP contribution is -2.31. The van der Waals surface area contributed by atoms with Crippen LogP contribution < -0.4 is 0 Å². The molecule has 2 heteroatoms. The van der Waals surface area contributed by atoms with Gasteiger partial charge in [-0.25, -0.2) is 0 Å². The van der Waals surface area contributed by atoms with Crippen LogP contribution in [0, 0.1) is 11.8 Å². The van der Waals surface area contributed by atoms with E-state index in [4.69, 9.17) is 0 Å². The first kappa shape index (κ1) is 15.7. The molecule has 1 aliphatic carbocycles. The third kappa shape index (κ3) is 5.09. The molecule has 1 N–H and O–H groups in total. The molecular weight excluding hydrogens is 224 g/mol. The Morgan fingerprint density at radius 1 is 1.22 bits per heavy atom. The van der Waals surface area contributed by atoms with E-state index in [9.17, 15) is 9.90 Å². The van der Waals surface area contributed by atoms with Gasteiger partial charge >= 0.3 is 0 Å². The molecule has 0 saturated heterocycles. The Labute approximate surface area is 112 Å². The summed E-state index contributed by atoms with van der Waals surface area (Å²) in [5, 5.41) is 9.88. The predicted octanol–water partition coefficient (Wildman–Crippen LogP) is 4.10. The van der Waals surface area contributed by atoms with Crippen LogP contribution in [-0.2, 0) is 4.79 Å². The molecule has 18 heavy (non-hydrogen) atoms. The molecule has 106 valence electrons. The number of unbranched alkanes of at least 4 members (excludes halogenated alkanes) is 1. The normalized spacial score (nSPS) is 25.9. The monoisotopic (exact) mass is 254 g/mol. The number of rotatable bonds is 8. The number of aliphatic hydroxyl groups excluding tert-OH is 1. The van der Waals surface area contributed by atoms with E-state index in [1.807, 2.05) is 0 Å². The van der Waals surface area contributed by atoms with Crippen LogP contribution in [0.5, 0.6) is 0 Å². The van der Waals surface area contributed by atoms with Gasteiger partial charge in [0.1, 0.15) is 5.78 Å². The molecule has 0 heterocycles. The van der Waals surface area contributed by atoms with Gasteiger partial charge in [0.05, 0.1) is 6.10 Å². The van der Waals surface area contributed by atoms with Crippen molar-refractivity contribution in [1.82, 2.24) is 0 Å². The van der Waals surface area contributed by atoms with Crippen molar-refractivity contribution < 1.29 is 9.90 Å². The van der Waals surface area contributed by atoms with Crippen molar-refractivity contribution in [3.63, 3.8) is 0 Å². The van der Waals surface area contributed by atoms with Gasteiger partial charge in [-0.15, -0.1) is 0 Å². The minimum Gasteiger partial charge on any atom is -0.392 e. The number of carbonyl (C=O) groups is 1. The Balaban J connectivity index is 2.29. The lowest BCUT2D eigenvalue weighted by Gasteiger charge is -2.26. The van der Waals surface area contributed by atoms with E-state index in [1.165, 1.54) is 25.7 Å². The summed E-state index contributed by atoms with van der Waals surface area (Å²) in [5.74, 6) is 0.967. The number of hydrogen-bond donors (Lipinski definition) is 1. The molecule has 1 rings (SSSR count). The summed E-state index contributed by atoms with van der Waals surface area (Å²) in [6.07, 6.45) is 10.2. The Morgan fingerprint density at radius 2 is 1.94 bits per heavy atom. The number of carbonyl (C=O) groups excluding carboxylic acids is 1. The minimum atomic E-state index is -0.359. The Kier molecular flexibility index (Phi) is 7.57. The van der Waals surface area contributed by atoms with Crippen LogP contribution in [0.2, 0.25) is 0 Å². The topological polar surface area (TPSA) is 37.3 Å². The molecule has 0 aliphatic heterocycles. The van der Waals surface area contributed by atoms with E-state index in [0.29, 0.717) is 18.1 Å². The molecule has 2 nitrogen and oxygen atoms in total. The second kappa shape index (κ2) is 8.68. The molecule has 0 aromatic heterocycles. The molecule has 3 unspecified atom stereocenters. The van der Waals surface area contributed by atoms with Gasteiger partial charge in [0.2, 0.25) is 0 Å². The Bertz CT molecular complexity index is 237. The summed E-state index contributed by atoms with van der Waals surface area (Å²) < 4.78 is 0. The fourth-order valence-electron chi connectivity index (χ4n) is 3.06. The maximum Gasteiger partial charge on any atom is 0.138 e. The smallest absolute Gasteiger partial charge is 0.138 e. The van der Waals surface area contributed by atoms with Gasteiger partial charge in [-0.2, -0.15) is 0 Å². The highest BCUT2D eigenvalue weighted by molar-refractivity contribution is 5.81. The van der Waals surface area contributed by atoms with Crippen molar-refractivity contribution in [2.45, 2.75) is 84.2 Å². The molecule has 0 spiro atoms. The molecule has 1 fully saturated rings. The number of Topliss-reactive ketones (excluding diaryl/α,β-unsaturated/α-hetero) is 1. The zero-order valence-corrected chi connectivity index (χ0v) is 12.2. The van der Waals surface area contributed by atoms with Crippen molar-refractivity contribution in [3.8, 4) is 0 Å². The summed E-state index contributed by atoms with van der Waals surface area (Å²) in [6.45, 7) is 4.44. The van der Waals surface area contributed by atoms with Crippen LogP contribution >= 0.6 is 0 Å². The third-order valence-electron chi connectivity index (χ3n) is 4.49. The molecule has 0 radical (unpaired) electrons. The van der Waals surface area contributed by atoms with Crippen LogP contribution in [0.1, 0.15) is 78.1 Å². The third-order valence-corrected chi connectivity index (χ3v) is 4.49. The van der Waals surface area contributed by atoms with E-state index in [0.717, 1.165) is 32.1 Å². The summed E-state index contributed by atoms with van der Waals surface area (Å²) in [4.78, 5) is 12.1. The Morgan fingerprint density at radius 3 is 2.56 bits per heavy atom. The van der Waals surface area contributed by atoms with E-state index < -0.39 is 0 Å². The van der Waals surface area contributed by atoms with Gasteiger partial charge in [0, 0.05) is 12.3 Å². The lowest BCUT2D eigenvalue weighted by atomic mass is 9.81. The Hall–Kier alpha value is -0.370. The second-order valence-electron chi connectivity index (χ2n) is 5.88.